The zero-order valence-electron chi connectivity index (χ0n) is 17.9. The Labute approximate surface area is 181 Å². The van der Waals surface area contributed by atoms with Crippen molar-refractivity contribution in [2.24, 2.45) is 0 Å². The lowest BCUT2D eigenvalue weighted by molar-refractivity contribution is -0.869. The van der Waals surface area contributed by atoms with Crippen LogP contribution in [0.4, 0.5) is 0 Å². The number of quaternary nitrogens is 1. The van der Waals surface area contributed by atoms with Crippen LogP contribution in [0.2, 0.25) is 0 Å². The largest absolute Gasteiger partial charge is 0.360 e. The van der Waals surface area contributed by atoms with Gasteiger partial charge in [0, 0.05) is 41.5 Å². The predicted molar refractivity (Wildman–Crippen MR) is 120 cm³/mol. The number of nitrogens with one attached hydrogen (secondary N) is 1. The molecule has 0 spiro atoms. The maximum absolute atomic E-state index is 13.0. The van der Waals surface area contributed by atoms with Crippen molar-refractivity contribution in [1.29, 1.82) is 0 Å². The summed E-state index contributed by atoms with van der Waals surface area (Å²) in [5, 5.41) is 3.48. The topological polar surface area (TPSA) is 66.1 Å². The summed E-state index contributed by atoms with van der Waals surface area (Å²) in [6, 6.07) is 7.82. The average molecular weight is 426 g/mol. The van der Waals surface area contributed by atoms with E-state index in [1.807, 2.05) is 34.5 Å². The number of hydrogen-bond acceptors (Lipinski definition) is 4. The third-order valence-electron chi connectivity index (χ3n) is 5.81. The molecule has 0 saturated carbocycles. The number of carbonyl (C=O) groups excluding carboxylic acids is 2. The van der Waals surface area contributed by atoms with E-state index in [0.29, 0.717) is 22.9 Å². The van der Waals surface area contributed by atoms with E-state index in [9.17, 15) is 9.59 Å². The summed E-state index contributed by atoms with van der Waals surface area (Å²) in [6.45, 7) is 2.39. The molecular formula is C23H29N4O2S+. The molecule has 3 heterocycles. The number of nitrogens with zero attached hydrogens (tertiary/aromatic N) is 3. The van der Waals surface area contributed by atoms with Gasteiger partial charge in [-0.25, -0.2) is 4.98 Å². The van der Waals surface area contributed by atoms with Crippen LogP contribution in [0.15, 0.2) is 35.8 Å². The molecule has 30 heavy (non-hydrogen) atoms. The Morgan fingerprint density at radius 2 is 1.93 bits per heavy atom. The number of carbonyl (C=O) groups is 2. The standard InChI is InChI=1S/C23H28N4O2S/c1-27(2,3)13-10-21(28)26-11-8-16(9-12-26)20-15-30-23(25-20)22(29)18-14-24-19-7-5-4-6-17(18)19/h4-7,14-16H,8-13H2,1-3H3/p+1. The van der Waals surface area contributed by atoms with Gasteiger partial charge in [-0.3, -0.25) is 9.59 Å². The summed E-state index contributed by atoms with van der Waals surface area (Å²) in [6.07, 6.45) is 4.17. The molecule has 0 unspecified atom stereocenters. The van der Waals surface area contributed by atoms with Crippen molar-refractivity contribution in [2.75, 3.05) is 40.8 Å². The monoisotopic (exact) mass is 425 g/mol. The number of amides is 1. The number of rotatable bonds is 6. The van der Waals surface area contributed by atoms with E-state index >= 15 is 0 Å². The van der Waals surface area contributed by atoms with Crippen LogP contribution >= 0.6 is 11.3 Å². The fourth-order valence-corrected chi connectivity index (χ4v) is 4.82. The number of likely N-dealkylation sites (tertiary alicyclic amines) is 1. The lowest BCUT2D eigenvalue weighted by Gasteiger charge is -2.32. The molecule has 7 heteroatoms. The van der Waals surface area contributed by atoms with Gasteiger partial charge in [0.05, 0.1) is 45.4 Å². The highest BCUT2D eigenvalue weighted by Gasteiger charge is 2.27. The summed E-state index contributed by atoms with van der Waals surface area (Å²) in [5.41, 5.74) is 2.62. The molecule has 0 aliphatic carbocycles. The Morgan fingerprint density at radius 1 is 1.20 bits per heavy atom. The first-order chi connectivity index (χ1) is 14.3. The lowest BCUT2D eigenvalue weighted by atomic mass is 9.94. The van der Waals surface area contributed by atoms with E-state index in [0.717, 1.165) is 53.6 Å². The van der Waals surface area contributed by atoms with E-state index in [1.165, 1.54) is 11.3 Å². The zero-order chi connectivity index (χ0) is 21.3. The molecule has 1 aliphatic heterocycles. The molecule has 6 nitrogen and oxygen atoms in total. The van der Waals surface area contributed by atoms with Gasteiger partial charge in [-0.1, -0.05) is 18.2 Å². The molecule has 3 aromatic rings. The van der Waals surface area contributed by atoms with Crippen molar-refractivity contribution in [1.82, 2.24) is 14.9 Å². The molecule has 0 bridgehead atoms. The number of para-hydroxylation sites is 1. The van der Waals surface area contributed by atoms with E-state index in [1.54, 1.807) is 6.20 Å². The number of aromatic nitrogens is 2. The molecule has 0 radical (unpaired) electrons. The molecule has 1 saturated heterocycles. The smallest absolute Gasteiger partial charge is 0.228 e. The van der Waals surface area contributed by atoms with Gasteiger partial charge in [-0.2, -0.15) is 0 Å². The van der Waals surface area contributed by atoms with Crippen molar-refractivity contribution < 1.29 is 14.1 Å². The van der Waals surface area contributed by atoms with Gasteiger partial charge < -0.3 is 14.4 Å². The van der Waals surface area contributed by atoms with Crippen molar-refractivity contribution in [2.45, 2.75) is 25.2 Å². The van der Waals surface area contributed by atoms with Crippen molar-refractivity contribution in [3.05, 3.63) is 52.1 Å². The Balaban J connectivity index is 1.38. The molecule has 1 aromatic carbocycles. The van der Waals surface area contributed by atoms with Crippen LogP contribution in [0, 0.1) is 0 Å². The first-order valence-corrected chi connectivity index (χ1v) is 11.3. The van der Waals surface area contributed by atoms with Crippen LogP contribution in [0.5, 0.6) is 0 Å². The quantitative estimate of drug-likeness (QED) is 0.484. The highest BCUT2D eigenvalue weighted by atomic mass is 32.1. The minimum atomic E-state index is -0.0309. The van der Waals surface area contributed by atoms with Crippen molar-refractivity contribution in [3.8, 4) is 0 Å². The van der Waals surface area contributed by atoms with Crippen molar-refractivity contribution in [3.63, 3.8) is 0 Å². The van der Waals surface area contributed by atoms with Gasteiger partial charge in [0.2, 0.25) is 11.7 Å². The van der Waals surface area contributed by atoms with Gasteiger partial charge in [0.15, 0.2) is 5.01 Å². The zero-order valence-corrected chi connectivity index (χ0v) is 18.7. The van der Waals surface area contributed by atoms with Crippen LogP contribution in [-0.2, 0) is 4.79 Å². The fourth-order valence-electron chi connectivity index (χ4n) is 3.97. The normalized spacial score (nSPS) is 15.6. The van der Waals surface area contributed by atoms with E-state index < -0.39 is 0 Å². The number of hydrogen-bond donors (Lipinski definition) is 1. The van der Waals surface area contributed by atoms with E-state index in [-0.39, 0.29) is 11.7 Å². The molecule has 2 aromatic heterocycles. The maximum atomic E-state index is 13.0. The first kappa shape index (κ1) is 20.8. The van der Waals surface area contributed by atoms with Crippen LogP contribution < -0.4 is 0 Å². The molecular weight excluding hydrogens is 396 g/mol. The van der Waals surface area contributed by atoms with E-state index in [4.69, 9.17) is 0 Å². The average Bonchev–Trinajstić information content (AvgIpc) is 3.39. The van der Waals surface area contributed by atoms with Gasteiger partial charge in [-0.05, 0) is 18.9 Å². The SMILES string of the molecule is C[N+](C)(C)CCC(=O)N1CCC(c2csc(C(=O)c3c[nH]c4ccccc34)n2)CC1. The van der Waals surface area contributed by atoms with Gasteiger partial charge in [0.25, 0.3) is 0 Å². The maximum Gasteiger partial charge on any atom is 0.228 e. The highest BCUT2D eigenvalue weighted by Crippen LogP contribution is 2.30. The highest BCUT2D eigenvalue weighted by molar-refractivity contribution is 7.12. The Bertz CT molecular complexity index is 1050. The van der Waals surface area contributed by atoms with Gasteiger partial charge in [-0.15, -0.1) is 11.3 Å². The molecule has 1 fully saturated rings. The number of thiazole rings is 1. The molecule has 1 aliphatic rings. The summed E-state index contributed by atoms with van der Waals surface area (Å²) < 4.78 is 0.800. The van der Waals surface area contributed by atoms with Gasteiger partial charge >= 0.3 is 0 Å². The third-order valence-corrected chi connectivity index (χ3v) is 6.67. The van der Waals surface area contributed by atoms with Gasteiger partial charge in [0.1, 0.15) is 0 Å². The minimum absolute atomic E-state index is 0.0309. The number of piperidine rings is 1. The molecule has 1 amide bonds. The second-order valence-corrected chi connectivity index (χ2v) is 9.93. The number of H-pyrrole nitrogens is 1. The Kier molecular flexibility index (Phi) is 5.75. The number of aromatic amines is 1. The second kappa shape index (κ2) is 8.32. The Morgan fingerprint density at radius 3 is 2.67 bits per heavy atom. The predicted octanol–water partition coefficient (Wildman–Crippen LogP) is 3.66. The third kappa shape index (κ3) is 4.47. The summed E-state index contributed by atoms with van der Waals surface area (Å²) in [7, 11) is 6.32. The summed E-state index contributed by atoms with van der Waals surface area (Å²) in [5.74, 6) is 0.528. The van der Waals surface area contributed by atoms with Crippen molar-refractivity contribution >= 4 is 33.9 Å². The molecule has 4 rings (SSSR count). The summed E-state index contributed by atoms with van der Waals surface area (Å²) in [4.78, 5) is 35.3. The second-order valence-electron chi connectivity index (χ2n) is 9.07. The number of fused-ring (bicyclic) bond motifs is 1. The Hall–Kier alpha value is -2.51. The fraction of sp³-hybridized carbons (Fsp3) is 0.435. The molecule has 1 N–H and O–H groups in total. The van der Waals surface area contributed by atoms with Crippen LogP contribution in [0.3, 0.4) is 0 Å². The number of benzene rings is 1. The first-order valence-electron chi connectivity index (χ1n) is 10.5. The lowest BCUT2D eigenvalue weighted by Crippen LogP contribution is -2.42. The molecule has 0 atom stereocenters. The minimum Gasteiger partial charge on any atom is -0.360 e. The number of ketones is 1. The van der Waals surface area contributed by atoms with Crippen LogP contribution in [0.1, 0.15) is 46.2 Å². The van der Waals surface area contributed by atoms with Crippen LogP contribution in [-0.4, -0.2) is 71.8 Å². The van der Waals surface area contributed by atoms with E-state index in [2.05, 4.69) is 31.1 Å². The molecule has 158 valence electrons. The summed E-state index contributed by atoms with van der Waals surface area (Å²) >= 11 is 1.42. The van der Waals surface area contributed by atoms with Crippen LogP contribution in [0.25, 0.3) is 10.9 Å².